The molecule has 0 amide bonds. The van der Waals surface area contributed by atoms with Crippen molar-refractivity contribution in [1.82, 2.24) is 0 Å². The average molecular weight is 278 g/mol. The van der Waals surface area contributed by atoms with E-state index in [0.717, 1.165) is 12.7 Å². The van der Waals surface area contributed by atoms with E-state index in [9.17, 15) is 8.42 Å². The quantitative estimate of drug-likeness (QED) is 0.553. The molecule has 1 aliphatic rings. The van der Waals surface area contributed by atoms with E-state index in [1.54, 1.807) is 0 Å². The maximum Gasteiger partial charge on any atom is 0.264 e. The minimum absolute atomic E-state index is 0.120. The minimum Gasteiger partial charge on any atom is -0.375 e. The summed E-state index contributed by atoms with van der Waals surface area (Å²) in [6.45, 7) is 7.18. The first-order chi connectivity index (χ1) is 8.29. The molecule has 1 aliphatic carbocycles. The van der Waals surface area contributed by atoms with Crippen LogP contribution in [0.15, 0.2) is 0 Å². The molecule has 0 bridgehead atoms. The van der Waals surface area contributed by atoms with Gasteiger partial charge in [0.2, 0.25) is 0 Å². The molecule has 1 rings (SSSR count). The van der Waals surface area contributed by atoms with Gasteiger partial charge < -0.3 is 4.74 Å². The van der Waals surface area contributed by atoms with E-state index in [0.29, 0.717) is 24.4 Å². The van der Waals surface area contributed by atoms with Crippen LogP contribution < -0.4 is 0 Å². The third-order valence-corrected chi connectivity index (χ3v) is 4.27. The normalized spacial score (nSPS) is 29.7. The molecule has 0 N–H and O–H groups in total. The Balaban J connectivity index is 2.37. The van der Waals surface area contributed by atoms with E-state index >= 15 is 0 Å². The molecule has 0 heterocycles. The number of ether oxygens (including phenoxy) is 1. The Bertz CT molecular complexity index is 337. The molecule has 0 saturated heterocycles. The van der Waals surface area contributed by atoms with E-state index in [4.69, 9.17) is 8.92 Å². The van der Waals surface area contributed by atoms with Crippen LogP contribution in [0.2, 0.25) is 0 Å². The van der Waals surface area contributed by atoms with Crippen molar-refractivity contribution in [3.05, 3.63) is 0 Å². The van der Waals surface area contributed by atoms with Gasteiger partial charge in [0.1, 0.15) is 0 Å². The average Bonchev–Trinajstić information content (AvgIpc) is 2.22. The van der Waals surface area contributed by atoms with Gasteiger partial charge in [-0.3, -0.25) is 4.18 Å². The van der Waals surface area contributed by atoms with Crippen LogP contribution in [0, 0.1) is 17.8 Å². The van der Waals surface area contributed by atoms with Crippen molar-refractivity contribution in [3.63, 3.8) is 0 Å². The fraction of sp³-hybridized carbons (Fsp3) is 1.00. The topological polar surface area (TPSA) is 52.6 Å². The molecule has 1 fully saturated rings. The number of hydrogen-bond acceptors (Lipinski definition) is 4. The highest BCUT2D eigenvalue weighted by atomic mass is 32.2. The van der Waals surface area contributed by atoms with Gasteiger partial charge in [-0.1, -0.05) is 27.2 Å². The third kappa shape index (κ3) is 5.67. The Labute approximate surface area is 111 Å². The molecule has 5 heteroatoms. The summed E-state index contributed by atoms with van der Waals surface area (Å²) in [6, 6.07) is 0. The van der Waals surface area contributed by atoms with Crippen LogP contribution in [0.3, 0.4) is 0 Å². The van der Waals surface area contributed by atoms with Gasteiger partial charge in [-0.05, 0) is 30.6 Å². The monoisotopic (exact) mass is 278 g/mol. The zero-order chi connectivity index (χ0) is 13.8. The third-order valence-electron chi connectivity index (χ3n) is 3.67. The molecule has 0 radical (unpaired) electrons. The Hall–Kier alpha value is -0.130. The molecule has 0 aliphatic heterocycles. The summed E-state index contributed by atoms with van der Waals surface area (Å²) in [4.78, 5) is 0. The second-order valence-electron chi connectivity index (χ2n) is 5.76. The zero-order valence-corrected chi connectivity index (χ0v) is 12.7. The van der Waals surface area contributed by atoms with Gasteiger partial charge in [-0.25, -0.2) is 0 Å². The maximum absolute atomic E-state index is 10.8. The van der Waals surface area contributed by atoms with Crippen LogP contribution in [-0.2, 0) is 19.0 Å². The molecule has 108 valence electrons. The van der Waals surface area contributed by atoms with Gasteiger partial charge in [0.15, 0.2) is 0 Å². The molecular weight excluding hydrogens is 252 g/mol. The van der Waals surface area contributed by atoms with Gasteiger partial charge in [0.05, 0.1) is 25.6 Å². The van der Waals surface area contributed by atoms with Crippen LogP contribution in [0.25, 0.3) is 0 Å². The minimum atomic E-state index is -3.35. The lowest BCUT2D eigenvalue weighted by molar-refractivity contribution is -0.0460. The smallest absolute Gasteiger partial charge is 0.264 e. The lowest BCUT2D eigenvalue weighted by Gasteiger charge is -2.37. The summed E-state index contributed by atoms with van der Waals surface area (Å²) < 4.78 is 32.2. The molecule has 0 spiro atoms. The summed E-state index contributed by atoms with van der Waals surface area (Å²) in [5, 5.41) is 0. The van der Waals surface area contributed by atoms with E-state index in [-0.39, 0.29) is 12.7 Å². The van der Waals surface area contributed by atoms with Gasteiger partial charge >= 0.3 is 0 Å². The van der Waals surface area contributed by atoms with E-state index in [1.807, 2.05) is 0 Å². The summed E-state index contributed by atoms with van der Waals surface area (Å²) in [5.74, 6) is 1.89. The SMILES string of the molecule is CC(C)[C@@H]1CC[C@@H](C)C[C@H]1OCCOS(C)(=O)=O. The predicted molar refractivity (Wildman–Crippen MR) is 71.9 cm³/mol. The zero-order valence-electron chi connectivity index (χ0n) is 11.9. The highest BCUT2D eigenvalue weighted by Gasteiger charge is 2.31. The lowest BCUT2D eigenvalue weighted by Crippen LogP contribution is -2.35. The molecule has 18 heavy (non-hydrogen) atoms. The standard InChI is InChI=1S/C13H26O4S/c1-10(2)12-6-5-11(3)9-13(12)16-7-8-17-18(4,14)15/h10-13H,5-9H2,1-4H3/t11-,12+,13-/m1/s1. The fourth-order valence-electron chi connectivity index (χ4n) is 2.69. The molecular formula is C13H26O4S. The predicted octanol–water partition coefficient (Wildman–Crippen LogP) is 2.44. The van der Waals surface area contributed by atoms with Gasteiger partial charge in [-0.2, -0.15) is 8.42 Å². The molecule has 0 aromatic rings. The van der Waals surface area contributed by atoms with Crippen LogP contribution in [0.5, 0.6) is 0 Å². The van der Waals surface area contributed by atoms with Crippen LogP contribution in [-0.4, -0.2) is 34.0 Å². The van der Waals surface area contributed by atoms with Crippen molar-refractivity contribution in [1.29, 1.82) is 0 Å². The van der Waals surface area contributed by atoms with E-state index in [2.05, 4.69) is 20.8 Å². The first-order valence-corrected chi connectivity index (χ1v) is 8.57. The largest absolute Gasteiger partial charge is 0.375 e. The lowest BCUT2D eigenvalue weighted by atomic mass is 9.75. The molecule has 1 saturated carbocycles. The Morgan fingerprint density at radius 1 is 1.22 bits per heavy atom. The van der Waals surface area contributed by atoms with E-state index in [1.165, 1.54) is 12.8 Å². The fourth-order valence-corrected chi connectivity index (χ4v) is 3.06. The number of hydrogen-bond donors (Lipinski definition) is 0. The van der Waals surface area contributed by atoms with Gasteiger partial charge in [0.25, 0.3) is 10.1 Å². The highest BCUT2D eigenvalue weighted by Crippen LogP contribution is 2.35. The van der Waals surface area contributed by atoms with Crippen LogP contribution >= 0.6 is 0 Å². The molecule has 0 aromatic carbocycles. The maximum atomic E-state index is 10.8. The first-order valence-electron chi connectivity index (χ1n) is 6.75. The van der Waals surface area contributed by atoms with Crippen molar-refractivity contribution >= 4 is 10.1 Å². The van der Waals surface area contributed by atoms with Gasteiger partial charge in [0, 0.05) is 0 Å². The van der Waals surface area contributed by atoms with Crippen molar-refractivity contribution in [2.24, 2.45) is 17.8 Å². The van der Waals surface area contributed by atoms with Crippen molar-refractivity contribution in [2.75, 3.05) is 19.5 Å². The van der Waals surface area contributed by atoms with Gasteiger partial charge in [-0.15, -0.1) is 0 Å². The van der Waals surface area contributed by atoms with Crippen molar-refractivity contribution < 1.29 is 17.3 Å². The van der Waals surface area contributed by atoms with Crippen molar-refractivity contribution in [3.8, 4) is 0 Å². The summed E-state index contributed by atoms with van der Waals surface area (Å²) in [5.41, 5.74) is 0. The molecule has 3 atom stereocenters. The van der Waals surface area contributed by atoms with E-state index < -0.39 is 10.1 Å². The van der Waals surface area contributed by atoms with Crippen LogP contribution in [0.1, 0.15) is 40.0 Å². The van der Waals surface area contributed by atoms with Crippen molar-refractivity contribution in [2.45, 2.75) is 46.1 Å². The highest BCUT2D eigenvalue weighted by molar-refractivity contribution is 7.85. The summed E-state index contributed by atoms with van der Waals surface area (Å²) >= 11 is 0. The first kappa shape index (κ1) is 15.9. The Morgan fingerprint density at radius 3 is 2.44 bits per heavy atom. The molecule has 0 unspecified atom stereocenters. The number of rotatable bonds is 6. The summed E-state index contributed by atoms with van der Waals surface area (Å²) in [6.07, 6.45) is 4.85. The Kier molecular flexibility index (Phi) is 6.08. The second kappa shape index (κ2) is 6.87. The van der Waals surface area contributed by atoms with Crippen LogP contribution in [0.4, 0.5) is 0 Å². The molecule has 0 aromatic heterocycles. The molecule has 4 nitrogen and oxygen atoms in total. The second-order valence-corrected chi connectivity index (χ2v) is 7.41. The Morgan fingerprint density at radius 2 is 1.89 bits per heavy atom. The summed E-state index contributed by atoms with van der Waals surface area (Å²) in [7, 11) is -3.35.